The molecule has 0 aliphatic heterocycles. The van der Waals surface area contributed by atoms with Crippen molar-refractivity contribution in [2.24, 2.45) is 0 Å². The van der Waals surface area contributed by atoms with Crippen LogP contribution in [0, 0.1) is 6.92 Å². The lowest BCUT2D eigenvalue weighted by Crippen LogP contribution is -2.24. The summed E-state index contributed by atoms with van der Waals surface area (Å²) in [6.07, 6.45) is 0. The fraction of sp³-hybridized carbons (Fsp3) is 0.500. The Labute approximate surface area is 124 Å². The summed E-state index contributed by atoms with van der Waals surface area (Å²) in [7, 11) is 0. The second kappa shape index (κ2) is 6.44. The minimum atomic E-state index is 0.195. The number of rotatable bonds is 5. The third kappa shape index (κ3) is 3.74. The van der Waals surface area contributed by atoms with E-state index in [1.165, 1.54) is 23.1 Å². The molecule has 0 radical (unpaired) electrons. The van der Waals surface area contributed by atoms with Crippen LogP contribution in [-0.4, -0.2) is 38.2 Å². The van der Waals surface area contributed by atoms with Gasteiger partial charge in [0.05, 0.1) is 0 Å². The minimum absolute atomic E-state index is 0.195. The molecule has 0 saturated carbocycles. The highest BCUT2D eigenvalue weighted by Crippen LogP contribution is 2.28. The van der Waals surface area contributed by atoms with Gasteiger partial charge in [-0.15, -0.1) is 10.2 Å². The zero-order chi connectivity index (χ0) is 13.8. The van der Waals surface area contributed by atoms with Crippen LogP contribution in [0.25, 0.3) is 0 Å². The van der Waals surface area contributed by atoms with E-state index in [0.29, 0.717) is 11.1 Å². The molecule has 0 bridgehead atoms. The lowest BCUT2D eigenvalue weighted by Gasteiger charge is -2.18. The fourth-order valence-electron chi connectivity index (χ4n) is 1.41. The Bertz CT molecular complexity index is 557. The van der Waals surface area contributed by atoms with Gasteiger partial charge in [0, 0.05) is 13.1 Å². The smallest absolute Gasteiger partial charge is 0.230 e. The number of hydrogen-bond donors (Lipinski definition) is 0. The first-order valence-electron chi connectivity index (χ1n) is 5.76. The second-order valence-corrected chi connectivity index (χ2v) is 6.28. The molecule has 0 saturated heterocycles. The van der Waals surface area contributed by atoms with E-state index < -0.39 is 0 Å². The number of aromatic nitrogens is 5. The Morgan fingerprint density at radius 1 is 1.16 bits per heavy atom. The van der Waals surface area contributed by atoms with Gasteiger partial charge in [0.25, 0.3) is 0 Å². The van der Waals surface area contributed by atoms with Crippen LogP contribution in [0.4, 0.5) is 5.95 Å². The van der Waals surface area contributed by atoms with Gasteiger partial charge in [-0.3, -0.25) is 0 Å². The second-order valence-electron chi connectivity index (χ2n) is 3.55. The number of aryl methyl sites for hydroxylation is 1. The molecule has 0 fully saturated rings. The quantitative estimate of drug-likeness (QED) is 0.840. The van der Waals surface area contributed by atoms with Gasteiger partial charge in [-0.05, 0) is 44.1 Å². The van der Waals surface area contributed by atoms with E-state index in [-0.39, 0.29) is 5.28 Å². The molecule has 0 unspecified atom stereocenters. The molecule has 0 atom stereocenters. The topological polar surface area (TPSA) is 67.7 Å². The number of nitrogens with zero attached hydrogens (tertiary/aromatic N) is 6. The first-order valence-corrected chi connectivity index (χ1v) is 7.78. The van der Waals surface area contributed by atoms with E-state index in [1.54, 1.807) is 0 Å². The van der Waals surface area contributed by atoms with Crippen molar-refractivity contribution in [3.63, 3.8) is 0 Å². The third-order valence-electron chi connectivity index (χ3n) is 2.31. The van der Waals surface area contributed by atoms with Crippen LogP contribution in [-0.2, 0) is 0 Å². The van der Waals surface area contributed by atoms with Crippen molar-refractivity contribution in [3.8, 4) is 0 Å². The van der Waals surface area contributed by atoms with Gasteiger partial charge in [-0.2, -0.15) is 15.0 Å². The molecule has 2 rings (SSSR count). The highest BCUT2D eigenvalue weighted by molar-refractivity contribution is 8.00. The van der Waals surface area contributed by atoms with Crippen molar-refractivity contribution in [2.75, 3.05) is 18.0 Å². The van der Waals surface area contributed by atoms with Crippen molar-refractivity contribution in [1.29, 1.82) is 0 Å². The predicted octanol–water partition coefficient (Wildman–Crippen LogP) is 2.68. The summed E-state index contributed by atoms with van der Waals surface area (Å²) in [6.45, 7) is 7.63. The van der Waals surface area contributed by atoms with Crippen LogP contribution in [0.2, 0.25) is 5.28 Å². The SMILES string of the molecule is CCN(CC)c1nc(Cl)nc(Sc2nnc(C)s2)n1. The zero-order valence-corrected chi connectivity index (χ0v) is 13.2. The van der Waals surface area contributed by atoms with Gasteiger partial charge >= 0.3 is 0 Å². The fourth-order valence-corrected chi connectivity index (χ4v) is 3.28. The number of halogens is 1. The molecule has 0 aromatic carbocycles. The number of anilines is 1. The largest absolute Gasteiger partial charge is 0.341 e. The summed E-state index contributed by atoms with van der Waals surface area (Å²) in [6, 6.07) is 0. The molecule has 102 valence electrons. The van der Waals surface area contributed by atoms with E-state index in [0.717, 1.165) is 22.4 Å². The Hall–Kier alpha value is -0.990. The van der Waals surface area contributed by atoms with Crippen molar-refractivity contribution in [2.45, 2.75) is 30.3 Å². The summed E-state index contributed by atoms with van der Waals surface area (Å²) < 4.78 is 0.797. The summed E-state index contributed by atoms with van der Waals surface area (Å²) >= 11 is 8.79. The van der Waals surface area contributed by atoms with Gasteiger partial charge < -0.3 is 4.90 Å². The average molecular weight is 317 g/mol. The minimum Gasteiger partial charge on any atom is -0.341 e. The Kier molecular flexibility index (Phi) is 4.89. The maximum atomic E-state index is 5.94. The molecule has 0 amide bonds. The highest BCUT2D eigenvalue weighted by Gasteiger charge is 2.12. The zero-order valence-electron chi connectivity index (χ0n) is 10.8. The van der Waals surface area contributed by atoms with Gasteiger partial charge in [-0.25, -0.2) is 0 Å². The van der Waals surface area contributed by atoms with Crippen LogP contribution < -0.4 is 4.90 Å². The predicted molar refractivity (Wildman–Crippen MR) is 77.2 cm³/mol. The normalized spacial score (nSPS) is 10.7. The summed E-state index contributed by atoms with van der Waals surface area (Å²) in [5.41, 5.74) is 0. The molecule has 6 nitrogen and oxygen atoms in total. The van der Waals surface area contributed by atoms with Crippen LogP contribution >= 0.6 is 34.7 Å². The van der Waals surface area contributed by atoms with E-state index in [1.807, 2.05) is 25.7 Å². The molecule has 0 spiro atoms. The van der Waals surface area contributed by atoms with Crippen molar-refractivity contribution in [3.05, 3.63) is 10.3 Å². The van der Waals surface area contributed by atoms with Crippen LogP contribution in [0.3, 0.4) is 0 Å². The molecule has 0 N–H and O–H groups in total. The summed E-state index contributed by atoms with van der Waals surface area (Å²) in [4.78, 5) is 14.7. The van der Waals surface area contributed by atoms with Gasteiger partial charge in [-0.1, -0.05) is 11.3 Å². The van der Waals surface area contributed by atoms with Gasteiger partial charge in [0.15, 0.2) is 4.34 Å². The molecule has 0 aliphatic rings. The number of hydrogen-bond acceptors (Lipinski definition) is 8. The first kappa shape index (κ1) is 14.4. The molecule has 19 heavy (non-hydrogen) atoms. The van der Waals surface area contributed by atoms with E-state index in [9.17, 15) is 0 Å². The van der Waals surface area contributed by atoms with E-state index in [2.05, 4.69) is 25.1 Å². The van der Waals surface area contributed by atoms with E-state index in [4.69, 9.17) is 11.6 Å². The van der Waals surface area contributed by atoms with E-state index >= 15 is 0 Å². The van der Waals surface area contributed by atoms with Crippen molar-refractivity contribution in [1.82, 2.24) is 25.1 Å². The Morgan fingerprint density at radius 3 is 2.47 bits per heavy atom. The van der Waals surface area contributed by atoms with Gasteiger partial charge in [0.2, 0.25) is 16.4 Å². The molecular weight excluding hydrogens is 304 g/mol. The van der Waals surface area contributed by atoms with Crippen molar-refractivity contribution < 1.29 is 0 Å². The van der Waals surface area contributed by atoms with Crippen molar-refractivity contribution >= 4 is 40.6 Å². The van der Waals surface area contributed by atoms with Gasteiger partial charge in [0.1, 0.15) is 5.01 Å². The lowest BCUT2D eigenvalue weighted by molar-refractivity contribution is 0.781. The molecule has 0 aliphatic carbocycles. The molecule has 2 aromatic rings. The Morgan fingerprint density at radius 2 is 1.89 bits per heavy atom. The maximum absolute atomic E-state index is 5.94. The van der Waals surface area contributed by atoms with Crippen LogP contribution in [0.1, 0.15) is 18.9 Å². The maximum Gasteiger partial charge on any atom is 0.230 e. The lowest BCUT2D eigenvalue weighted by atomic mass is 10.5. The molecule has 2 aromatic heterocycles. The standard InChI is InChI=1S/C10H13ClN6S2/c1-4-17(5-2)8-12-7(11)13-9(14-8)19-10-16-15-6(3)18-10/h4-5H2,1-3H3. The van der Waals surface area contributed by atoms with Crippen LogP contribution in [0.5, 0.6) is 0 Å². The third-order valence-corrected chi connectivity index (χ3v) is 4.23. The highest BCUT2D eigenvalue weighted by atomic mass is 35.5. The molecule has 2 heterocycles. The first-order chi connectivity index (χ1) is 9.12. The molecule has 9 heteroatoms. The summed E-state index contributed by atoms with van der Waals surface area (Å²) in [5.74, 6) is 0.591. The summed E-state index contributed by atoms with van der Waals surface area (Å²) in [5, 5.41) is 9.63. The Balaban J connectivity index is 2.25. The molecular formula is C10H13ClN6S2. The average Bonchev–Trinajstić information content (AvgIpc) is 2.75. The van der Waals surface area contributed by atoms with Crippen LogP contribution in [0.15, 0.2) is 9.50 Å². The monoisotopic (exact) mass is 316 g/mol.